The van der Waals surface area contributed by atoms with Gasteiger partial charge in [-0.3, -0.25) is 4.79 Å². The Morgan fingerprint density at radius 1 is 1.15 bits per heavy atom. The lowest BCUT2D eigenvalue weighted by atomic mass is 10.1. The second kappa shape index (κ2) is 9.20. The number of rotatable bonds is 6. The molecule has 138 valence electrons. The number of para-hydroxylation sites is 1. The molecular weight excluding hydrogens is 344 g/mol. The lowest BCUT2D eigenvalue weighted by Gasteiger charge is -2.09. The molecule has 0 atom stereocenters. The highest BCUT2D eigenvalue weighted by atomic mass is 16.6. The van der Waals surface area contributed by atoms with Crippen molar-refractivity contribution in [1.29, 1.82) is 5.26 Å². The van der Waals surface area contributed by atoms with Gasteiger partial charge in [-0.05, 0) is 49.2 Å². The van der Waals surface area contributed by atoms with Gasteiger partial charge in [-0.25, -0.2) is 4.79 Å². The quantitative estimate of drug-likeness (QED) is 0.482. The van der Waals surface area contributed by atoms with E-state index < -0.39 is 11.9 Å². The summed E-state index contributed by atoms with van der Waals surface area (Å²) in [6.45, 7) is 3.66. The van der Waals surface area contributed by atoms with E-state index in [9.17, 15) is 14.9 Å². The van der Waals surface area contributed by atoms with Gasteiger partial charge in [0.2, 0.25) is 0 Å². The fourth-order valence-corrected chi connectivity index (χ4v) is 2.25. The van der Waals surface area contributed by atoms with Crippen molar-refractivity contribution in [2.75, 3.05) is 19.0 Å². The Kier molecular flexibility index (Phi) is 6.73. The van der Waals surface area contributed by atoms with Crippen LogP contribution in [0.2, 0.25) is 0 Å². The summed E-state index contributed by atoms with van der Waals surface area (Å²) in [6, 6.07) is 14.2. The molecule has 0 aliphatic heterocycles. The molecule has 6 heteroatoms. The number of carbonyl (C=O) groups excluding carboxylic acids is 2. The van der Waals surface area contributed by atoms with Gasteiger partial charge >= 0.3 is 5.97 Å². The molecule has 0 radical (unpaired) electrons. The molecule has 1 N–H and O–H groups in total. The van der Waals surface area contributed by atoms with E-state index in [1.54, 1.807) is 30.3 Å². The molecule has 6 nitrogen and oxygen atoms in total. The van der Waals surface area contributed by atoms with Crippen molar-refractivity contribution in [3.05, 3.63) is 64.7 Å². The van der Waals surface area contributed by atoms with Crippen LogP contribution in [0.15, 0.2) is 48.0 Å². The van der Waals surface area contributed by atoms with Gasteiger partial charge < -0.3 is 14.8 Å². The van der Waals surface area contributed by atoms with Crippen LogP contribution in [-0.4, -0.2) is 25.6 Å². The van der Waals surface area contributed by atoms with Crippen LogP contribution in [0, 0.1) is 25.2 Å². The SMILES string of the molecule is COC(=O)COc1ccccc1/C=C(\C#N)C(=O)Nc1ccc(C)c(C)c1. The second-order valence-corrected chi connectivity index (χ2v) is 5.83. The molecule has 0 saturated carbocycles. The van der Waals surface area contributed by atoms with Crippen molar-refractivity contribution in [3.63, 3.8) is 0 Å². The van der Waals surface area contributed by atoms with Gasteiger partial charge in [0.1, 0.15) is 17.4 Å². The first-order valence-corrected chi connectivity index (χ1v) is 8.23. The summed E-state index contributed by atoms with van der Waals surface area (Å²) < 4.78 is 9.94. The van der Waals surface area contributed by atoms with E-state index in [4.69, 9.17) is 4.74 Å². The maximum atomic E-state index is 12.5. The number of nitrogens with one attached hydrogen (secondary N) is 1. The van der Waals surface area contributed by atoms with Crippen molar-refractivity contribution in [2.24, 2.45) is 0 Å². The fraction of sp³-hybridized carbons (Fsp3) is 0.190. The van der Waals surface area contributed by atoms with Crippen molar-refractivity contribution in [1.82, 2.24) is 0 Å². The Bertz CT molecular complexity index is 926. The molecule has 0 saturated heterocycles. The number of amides is 1. The number of anilines is 1. The van der Waals surface area contributed by atoms with E-state index in [0.717, 1.165) is 11.1 Å². The van der Waals surface area contributed by atoms with Crippen LogP contribution in [0.4, 0.5) is 5.69 Å². The number of benzene rings is 2. The number of nitriles is 1. The first-order valence-electron chi connectivity index (χ1n) is 8.23. The number of nitrogens with zero attached hydrogens (tertiary/aromatic N) is 1. The second-order valence-electron chi connectivity index (χ2n) is 5.83. The highest BCUT2D eigenvalue weighted by Crippen LogP contribution is 2.22. The molecule has 0 bridgehead atoms. The van der Waals surface area contributed by atoms with Crippen molar-refractivity contribution in [2.45, 2.75) is 13.8 Å². The van der Waals surface area contributed by atoms with E-state index >= 15 is 0 Å². The van der Waals surface area contributed by atoms with Gasteiger partial charge in [-0.15, -0.1) is 0 Å². The molecule has 2 aromatic carbocycles. The Labute approximate surface area is 158 Å². The number of hydrogen-bond acceptors (Lipinski definition) is 5. The number of esters is 1. The molecule has 1 amide bonds. The minimum Gasteiger partial charge on any atom is -0.481 e. The van der Waals surface area contributed by atoms with Gasteiger partial charge in [0, 0.05) is 11.3 Å². The van der Waals surface area contributed by atoms with Crippen LogP contribution in [0.5, 0.6) is 5.75 Å². The highest BCUT2D eigenvalue weighted by Gasteiger charge is 2.12. The van der Waals surface area contributed by atoms with Crippen LogP contribution in [-0.2, 0) is 14.3 Å². The summed E-state index contributed by atoms with van der Waals surface area (Å²) in [5.74, 6) is -0.681. The van der Waals surface area contributed by atoms with E-state index in [1.807, 2.05) is 32.0 Å². The third-order valence-corrected chi connectivity index (χ3v) is 3.92. The number of carbonyl (C=O) groups is 2. The molecule has 2 rings (SSSR count). The smallest absolute Gasteiger partial charge is 0.343 e. The van der Waals surface area contributed by atoms with Crippen LogP contribution < -0.4 is 10.1 Å². The number of methoxy groups -OCH3 is 1. The molecule has 0 aliphatic rings. The predicted molar refractivity (Wildman–Crippen MR) is 102 cm³/mol. The molecule has 0 unspecified atom stereocenters. The summed E-state index contributed by atoms with van der Waals surface area (Å²) >= 11 is 0. The van der Waals surface area contributed by atoms with Crippen molar-refractivity contribution in [3.8, 4) is 11.8 Å². The predicted octanol–water partition coefficient (Wildman–Crippen LogP) is 3.40. The van der Waals surface area contributed by atoms with Crippen molar-refractivity contribution >= 4 is 23.6 Å². The summed E-state index contributed by atoms with van der Waals surface area (Å²) in [5, 5.41) is 12.1. The zero-order valence-electron chi connectivity index (χ0n) is 15.4. The maximum absolute atomic E-state index is 12.5. The van der Waals surface area contributed by atoms with E-state index in [0.29, 0.717) is 17.0 Å². The Balaban J connectivity index is 2.22. The average molecular weight is 364 g/mol. The minimum absolute atomic E-state index is 0.0812. The van der Waals surface area contributed by atoms with E-state index in [1.165, 1.54) is 13.2 Å². The van der Waals surface area contributed by atoms with Crippen molar-refractivity contribution < 1.29 is 19.1 Å². The average Bonchev–Trinajstić information content (AvgIpc) is 2.67. The van der Waals surface area contributed by atoms with Gasteiger partial charge in [0.25, 0.3) is 5.91 Å². The van der Waals surface area contributed by atoms with Crippen LogP contribution >= 0.6 is 0 Å². The standard InChI is InChI=1S/C21H20N2O4/c1-14-8-9-18(10-15(14)2)23-21(25)17(12-22)11-16-6-4-5-7-19(16)27-13-20(24)26-3/h4-11H,13H2,1-3H3,(H,23,25)/b17-11+. The summed E-state index contributed by atoms with van der Waals surface area (Å²) in [5.41, 5.74) is 3.19. The van der Waals surface area contributed by atoms with E-state index in [2.05, 4.69) is 10.1 Å². The number of ether oxygens (including phenoxy) is 2. The zero-order valence-corrected chi connectivity index (χ0v) is 15.4. The van der Waals surface area contributed by atoms with Gasteiger partial charge in [0.05, 0.1) is 7.11 Å². The molecule has 0 spiro atoms. The molecule has 0 aromatic heterocycles. The molecule has 0 fully saturated rings. The molecule has 0 aliphatic carbocycles. The van der Waals surface area contributed by atoms with Gasteiger partial charge in [0.15, 0.2) is 6.61 Å². The zero-order chi connectivity index (χ0) is 19.8. The third-order valence-electron chi connectivity index (χ3n) is 3.92. The summed E-state index contributed by atoms with van der Waals surface area (Å²) in [6.07, 6.45) is 1.42. The molecular formula is C21H20N2O4. The Hall–Kier alpha value is -3.59. The monoisotopic (exact) mass is 364 g/mol. The largest absolute Gasteiger partial charge is 0.481 e. The first-order chi connectivity index (χ1) is 12.9. The van der Waals surface area contributed by atoms with Crippen LogP contribution in [0.25, 0.3) is 6.08 Å². The van der Waals surface area contributed by atoms with Gasteiger partial charge in [-0.1, -0.05) is 24.3 Å². The van der Waals surface area contributed by atoms with Crippen LogP contribution in [0.1, 0.15) is 16.7 Å². The lowest BCUT2D eigenvalue weighted by Crippen LogP contribution is -2.14. The topological polar surface area (TPSA) is 88.4 Å². The third kappa shape index (κ3) is 5.44. The number of aryl methyl sites for hydroxylation is 2. The highest BCUT2D eigenvalue weighted by molar-refractivity contribution is 6.09. The Morgan fingerprint density at radius 2 is 1.89 bits per heavy atom. The van der Waals surface area contributed by atoms with E-state index in [-0.39, 0.29) is 12.2 Å². The minimum atomic E-state index is -0.526. The summed E-state index contributed by atoms with van der Waals surface area (Å²) in [7, 11) is 1.27. The fourth-order valence-electron chi connectivity index (χ4n) is 2.25. The molecule has 0 heterocycles. The first kappa shape index (κ1) is 19.7. The maximum Gasteiger partial charge on any atom is 0.343 e. The molecule has 2 aromatic rings. The number of hydrogen-bond donors (Lipinski definition) is 1. The van der Waals surface area contributed by atoms with Crippen LogP contribution in [0.3, 0.4) is 0 Å². The molecule has 27 heavy (non-hydrogen) atoms. The summed E-state index contributed by atoms with van der Waals surface area (Å²) in [4.78, 5) is 23.7. The Morgan fingerprint density at radius 3 is 2.56 bits per heavy atom. The normalized spacial score (nSPS) is 10.7. The van der Waals surface area contributed by atoms with Gasteiger partial charge in [-0.2, -0.15) is 5.26 Å². The lowest BCUT2D eigenvalue weighted by molar-refractivity contribution is -0.142.